The van der Waals surface area contributed by atoms with E-state index in [-0.39, 0.29) is 21.4 Å². The van der Waals surface area contributed by atoms with Gasteiger partial charge in [0.25, 0.3) is 10.0 Å². The van der Waals surface area contributed by atoms with Crippen LogP contribution >= 0.6 is 11.6 Å². The van der Waals surface area contributed by atoms with E-state index in [2.05, 4.69) is 15.0 Å². The van der Waals surface area contributed by atoms with Crippen molar-refractivity contribution in [3.8, 4) is 11.1 Å². The number of benzene rings is 2. The average Bonchev–Trinajstić information content (AvgIpc) is 2.70. The minimum Gasteiger partial charge on any atom is -0.368 e. The summed E-state index contributed by atoms with van der Waals surface area (Å²) < 4.78 is 56.8. The number of halogens is 3. The molecule has 2 heterocycles. The molecule has 7 nitrogen and oxygen atoms in total. The highest BCUT2D eigenvalue weighted by molar-refractivity contribution is 7.92. The van der Waals surface area contributed by atoms with E-state index in [0.717, 1.165) is 6.20 Å². The number of aromatic nitrogens is 3. The predicted octanol–water partition coefficient (Wildman–Crippen LogP) is 4.01. The van der Waals surface area contributed by atoms with Crippen LogP contribution in [0.4, 0.5) is 20.5 Å². The number of sulfonamides is 1. The predicted molar refractivity (Wildman–Crippen MR) is 109 cm³/mol. The zero-order valence-corrected chi connectivity index (χ0v) is 16.5. The third kappa shape index (κ3) is 3.62. The number of rotatable bonds is 4. The van der Waals surface area contributed by atoms with E-state index in [9.17, 15) is 12.8 Å². The van der Waals surface area contributed by atoms with Crippen molar-refractivity contribution in [2.75, 3.05) is 10.5 Å². The van der Waals surface area contributed by atoms with Crippen molar-refractivity contribution in [2.24, 2.45) is 0 Å². The van der Waals surface area contributed by atoms with Gasteiger partial charge in [0, 0.05) is 11.6 Å². The number of nitrogens with two attached hydrogens (primary N) is 1. The summed E-state index contributed by atoms with van der Waals surface area (Å²) in [5.41, 5.74) is 5.71. The van der Waals surface area contributed by atoms with E-state index in [4.69, 9.17) is 17.3 Å². The van der Waals surface area contributed by atoms with Gasteiger partial charge in [-0.05, 0) is 29.8 Å². The molecule has 0 unspecified atom stereocenters. The summed E-state index contributed by atoms with van der Waals surface area (Å²) in [5, 5.41) is 0.442. The Morgan fingerprint density at radius 1 is 1.03 bits per heavy atom. The third-order valence-electron chi connectivity index (χ3n) is 4.22. The van der Waals surface area contributed by atoms with E-state index in [0.29, 0.717) is 10.9 Å². The molecule has 0 saturated carbocycles. The van der Waals surface area contributed by atoms with Crippen LogP contribution in [0, 0.1) is 11.6 Å². The Hall–Kier alpha value is -3.37. The molecule has 30 heavy (non-hydrogen) atoms. The van der Waals surface area contributed by atoms with Crippen LogP contribution in [0.5, 0.6) is 0 Å². The summed E-state index contributed by atoms with van der Waals surface area (Å²) >= 11 is 5.92. The molecule has 0 aliphatic heterocycles. The van der Waals surface area contributed by atoms with Crippen molar-refractivity contribution in [1.82, 2.24) is 15.0 Å². The second kappa shape index (κ2) is 7.47. The lowest BCUT2D eigenvalue weighted by Gasteiger charge is -2.12. The Labute approximate surface area is 174 Å². The van der Waals surface area contributed by atoms with Crippen LogP contribution in [0.25, 0.3) is 22.0 Å². The lowest BCUT2D eigenvalue weighted by molar-refractivity contribution is 0.579. The van der Waals surface area contributed by atoms with E-state index in [1.54, 1.807) is 6.07 Å². The van der Waals surface area contributed by atoms with Crippen LogP contribution in [-0.2, 0) is 10.0 Å². The standard InChI is InChI=1S/C19H12ClF2N5O2S/c20-12-3-1-2-4-15(12)30(28,29)27-18-17(22)16(13(21)9-24-18)10-5-6-14-11(7-10)8-25-19(23)26-14/h1-9H,(H,24,27)(H2,23,25,26). The maximum atomic E-state index is 15.1. The highest BCUT2D eigenvalue weighted by Gasteiger charge is 2.23. The molecule has 152 valence electrons. The number of hydrogen-bond acceptors (Lipinski definition) is 6. The molecule has 0 aliphatic carbocycles. The Morgan fingerprint density at radius 2 is 1.80 bits per heavy atom. The summed E-state index contributed by atoms with van der Waals surface area (Å²) in [4.78, 5) is 11.2. The second-order valence-corrected chi connectivity index (χ2v) is 8.24. The van der Waals surface area contributed by atoms with Crippen LogP contribution in [0.1, 0.15) is 0 Å². The van der Waals surface area contributed by atoms with E-state index in [1.807, 2.05) is 4.72 Å². The van der Waals surface area contributed by atoms with Gasteiger partial charge >= 0.3 is 0 Å². The number of nitrogens with zero attached hydrogens (tertiary/aromatic N) is 3. The first kappa shape index (κ1) is 19.9. The maximum Gasteiger partial charge on any atom is 0.264 e. The third-order valence-corrected chi connectivity index (χ3v) is 6.06. The SMILES string of the molecule is Nc1ncc2cc(-c3c(F)cnc(NS(=O)(=O)c4ccccc4Cl)c3F)ccc2n1. The summed E-state index contributed by atoms with van der Waals surface area (Å²) in [6, 6.07) is 10.1. The zero-order chi connectivity index (χ0) is 21.5. The van der Waals surface area contributed by atoms with Gasteiger partial charge in [-0.3, -0.25) is 4.72 Å². The minimum absolute atomic E-state index is 0.0541. The van der Waals surface area contributed by atoms with E-state index >= 15 is 4.39 Å². The van der Waals surface area contributed by atoms with Crippen molar-refractivity contribution < 1.29 is 17.2 Å². The number of pyridine rings is 1. The van der Waals surface area contributed by atoms with Gasteiger partial charge in [0.1, 0.15) is 4.90 Å². The van der Waals surface area contributed by atoms with Crippen molar-refractivity contribution in [3.05, 3.63) is 71.5 Å². The van der Waals surface area contributed by atoms with Crippen LogP contribution in [0.2, 0.25) is 5.02 Å². The van der Waals surface area contributed by atoms with Crippen molar-refractivity contribution in [3.63, 3.8) is 0 Å². The molecule has 2 aromatic carbocycles. The largest absolute Gasteiger partial charge is 0.368 e. The Morgan fingerprint density at radius 3 is 2.57 bits per heavy atom. The number of fused-ring (bicyclic) bond motifs is 1. The summed E-state index contributed by atoms with van der Waals surface area (Å²) in [7, 11) is -4.26. The van der Waals surface area contributed by atoms with Gasteiger partial charge in [-0.2, -0.15) is 0 Å². The fourth-order valence-electron chi connectivity index (χ4n) is 2.85. The topological polar surface area (TPSA) is 111 Å². The first-order valence-corrected chi connectivity index (χ1v) is 10.3. The van der Waals surface area contributed by atoms with Gasteiger partial charge in [-0.25, -0.2) is 32.2 Å². The van der Waals surface area contributed by atoms with Crippen LogP contribution in [-0.4, -0.2) is 23.4 Å². The highest BCUT2D eigenvalue weighted by atomic mass is 35.5. The summed E-state index contributed by atoms with van der Waals surface area (Å²) in [5.74, 6) is -2.75. The smallest absolute Gasteiger partial charge is 0.264 e. The maximum absolute atomic E-state index is 15.1. The molecular weight excluding hydrogens is 436 g/mol. The molecule has 4 rings (SSSR count). The Bertz CT molecular complexity index is 1400. The molecule has 2 aromatic heterocycles. The molecule has 0 amide bonds. The van der Waals surface area contributed by atoms with E-state index in [1.165, 1.54) is 42.6 Å². The summed E-state index contributed by atoms with van der Waals surface area (Å²) in [6.45, 7) is 0. The molecule has 0 radical (unpaired) electrons. The van der Waals surface area contributed by atoms with Crippen LogP contribution < -0.4 is 10.5 Å². The number of hydrogen-bond donors (Lipinski definition) is 2. The number of nitrogen functional groups attached to an aromatic ring is 1. The molecule has 3 N–H and O–H groups in total. The van der Waals surface area contributed by atoms with Crippen LogP contribution in [0.15, 0.2) is 59.8 Å². The quantitative estimate of drug-likeness (QED) is 0.489. The Balaban J connectivity index is 1.80. The molecule has 11 heteroatoms. The first-order valence-electron chi connectivity index (χ1n) is 8.40. The highest BCUT2D eigenvalue weighted by Crippen LogP contribution is 2.32. The van der Waals surface area contributed by atoms with E-state index < -0.39 is 33.0 Å². The van der Waals surface area contributed by atoms with Gasteiger partial charge in [-0.15, -0.1) is 0 Å². The minimum atomic E-state index is -4.26. The molecule has 0 atom stereocenters. The molecule has 0 aliphatic rings. The monoisotopic (exact) mass is 447 g/mol. The van der Waals surface area contributed by atoms with Gasteiger partial charge < -0.3 is 5.73 Å². The fraction of sp³-hybridized carbons (Fsp3) is 0. The normalized spacial score (nSPS) is 11.6. The van der Waals surface area contributed by atoms with Crippen molar-refractivity contribution in [1.29, 1.82) is 0 Å². The molecule has 0 bridgehead atoms. The molecule has 0 spiro atoms. The molecular formula is C19H12ClF2N5O2S. The Kier molecular flexibility index (Phi) is 4.96. The number of anilines is 2. The first-order chi connectivity index (χ1) is 14.3. The average molecular weight is 448 g/mol. The lowest BCUT2D eigenvalue weighted by Crippen LogP contribution is -2.16. The molecule has 0 fully saturated rings. The molecule has 4 aromatic rings. The fourth-order valence-corrected chi connectivity index (χ4v) is 4.38. The van der Waals surface area contributed by atoms with Crippen LogP contribution in [0.3, 0.4) is 0 Å². The van der Waals surface area contributed by atoms with Gasteiger partial charge in [-0.1, -0.05) is 29.8 Å². The number of nitrogens with one attached hydrogen (secondary N) is 1. The molecule has 0 saturated heterocycles. The second-order valence-electron chi connectivity index (χ2n) is 6.18. The van der Waals surface area contributed by atoms with Gasteiger partial charge in [0.05, 0.1) is 22.3 Å². The van der Waals surface area contributed by atoms with Gasteiger partial charge in [0.2, 0.25) is 5.95 Å². The van der Waals surface area contributed by atoms with Crippen molar-refractivity contribution in [2.45, 2.75) is 4.90 Å². The lowest BCUT2D eigenvalue weighted by atomic mass is 10.0. The zero-order valence-electron chi connectivity index (χ0n) is 15.0. The summed E-state index contributed by atoms with van der Waals surface area (Å²) in [6.07, 6.45) is 2.14. The van der Waals surface area contributed by atoms with Crippen molar-refractivity contribution >= 4 is 44.3 Å². The van der Waals surface area contributed by atoms with Gasteiger partial charge in [0.15, 0.2) is 17.5 Å².